The summed E-state index contributed by atoms with van der Waals surface area (Å²) in [6.45, 7) is 0. The Morgan fingerprint density at radius 3 is 2.58 bits per heavy atom. The lowest BCUT2D eigenvalue weighted by Crippen LogP contribution is -2.11. The van der Waals surface area contributed by atoms with Crippen molar-refractivity contribution >= 4 is 15.9 Å². The van der Waals surface area contributed by atoms with Gasteiger partial charge in [0.25, 0.3) is 5.56 Å². The normalized spacial score (nSPS) is 10.6. The molecule has 0 aliphatic rings. The molecule has 0 atom stereocenters. The molecule has 19 heavy (non-hydrogen) atoms. The van der Waals surface area contributed by atoms with Gasteiger partial charge in [0.05, 0.1) is 17.5 Å². The number of halogens is 1. The van der Waals surface area contributed by atoms with Gasteiger partial charge in [0, 0.05) is 5.56 Å². The van der Waals surface area contributed by atoms with Crippen LogP contribution >= 0.6 is 15.9 Å². The molecule has 2 aromatic heterocycles. The van der Waals surface area contributed by atoms with Crippen LogP contribution in [0.4, 0.5) is 0 Å². The highest BCUT2D eigenvalue weighted by atomic mass is 79.9. The molecule has 0 fully saturated rings. The molecular formula is C14H9BrN2O2. The van der Waals surface area contributed by atoms with Crippen molar-refractivity contribution in [3.05, 3.63) is 63.8 Å². The van der Waals surface area contributed by atoms with Crippen LogP contribution in [0, 0.1) is 0 Å². The van der Waals surface area contributed by atoms with Crippen molar-refractivity contribution in [3.8, 4) is 22.6 Å². The molecule has 0 radical (unpaired) electrons. The van der Waals surface area contributed by atoms with E-state index in [2.05, 4.69) is 25.9 Å². The number of aromatic nitrogens is 2. The number of nitrogens with zero attached hydrogens (tertiary/aromatic N) is 1. The van der Waals surface area contributed by atoms with Crippen LogP contribution in [0.15, 0.2) is 62.6 Å². The summed E-state index contributed by atoms with van der Waals surface area (Å²) < 4.78 is 5.43. The van der Waals surface area contributed by atoms with Crippen molar-refractivity contribution in [1.82, 2.24) is 9.97 Å². The van der Waals surface area contributed by atoms with E-state index in [-0.39, 0.29) is 5.56 Å². The van der Waals surface area contributed by atoms with Crippen molar-refractivity contribution in [2.45, 2.75) is 0 Å². The van der Waals surface area contributed by atoms with Crippen LogP contribution in [0.25, 0.3) is 22.6 Å². The fourth-order valence-electron chi connectivity index (χ4n) is 1.78. The Kier molecular flexibility index (Phi) is 3.05. The molecule has 5 heteroatoms. The van der Waals surface area contributed by atoms with E-state index in [4.69, 9.17) is 4.42 Å². The summed E-state index contributed by atoms with van der Waals surface area (Å²) in [7, 11) is 0. The number of H-pyrrole nitrogens is 1. The highest BCUT2D eigenvalue weighted by Crippen LogP contribution is 2.25. The molecule has 3 rings (SSSR count). The number of nitrogens with one attached hydrogen (secondary N) is 1. The molecule has 0 spiro atoms. The second-order valence-electron chi connectivity index (χ2n) is 3.96. The fraction of sp³-hybridized carbons (Fsp3) is 0. The summed E-state index contributed by atoms with van der Waals surface area (Å²) in [5.41, 5.74) is 2.01. The Morgan fingerprint density at radius 1 is 1.11 bits per heavy atom. The number of aromatic amines is 1. The van der Waals surface area contributed by atoms with Gasteiger partial charge in [-0.05, 0) is 22.0 Å². The Labute approximate surface area is 117 Å². The first kappa shape index (κ1) is 11.9. The molecule has 4 nitrogen and oxygen atoms in total. The fourth-order valence-corrected chi connectivity index (χ4v) is 2.20. The first-order chi connectivity index (χ1) is 9.25. The molecule has 0 aliphatic heterocycles. The average molecular weight is 317 g/mol. The van der Waals surface area contributed by atoms with E-state index < -0.39 is 0 Å². The predicted molar refractivity (Wildman–Crippen MR) is 75.7 cm³/mol. The van der Waals surface area contributed by atoms with Crippen LogP contribution in [0.5, 0.6) is 0 Å². The highest BCUT2D eigenvalue weighted by molar-refractivity contribution is 9.10. The molecular weight excluding hydrogens is 308 g/mol. The number of furan rings is 1. The van der Waals surface area contributed by atoms with E-state index in [0.717, 1.165) is 11.1 Å². The maximum Gasteiger partial charge on any atom is 0.266 e. The van der Waals surface area contributed by atoms with Crippen LogP contribution in [-0.2, 0) is 0 Å². The molecule has 0 aliphatic carbocycles. The summed E-state index contributed by atoms with van der Waals surface area (Å²) in [6, 6.07) is 11.3. The molecule has 1 aromatic carbocycles. The van der Waals surface area contributed by atoms with E-state index in [1.807, 2.05) is 30.3 Å². The average Bonchev–Trinajstić information content (AvgIpc) is 2.97. The zero-order valence-electron chi connectivity index (χ0n) is 9.76. The molecule has 0 saturated carbocycles. The Hall–Kier alpha value is -2.14. The monoisotopic (exact) mass is 316 g/mol. The minimum Gasteiger partial charge on any atom is -0.472 e. The van der Waals surface area contributed by atoms with Gasteiger partial charge in [0.15, 0.2) is 0 Å². The number of hydrogen-bond donors (Lipinski definition) is 1. The molecule has 0 amide bonds. The Balaban J connectivity index is 2.23. The van der Waals surface area contributed by atoms with Gasteiger partial charge in [-0.2, -0.15) is 0 Å². The third-order valence-corrected chi connectivity index (χ3v) is 3.44. The van der Waals surface area contributed by atoms with Crippen molar-refractivity contribution in [1.29, 1.82) is 0 Å². The Bertz CT molecular complexity index is 749. The van der Waals surface area contributed by atoms with Gasteiger partial charge in [-0.25, -0.2) is 4.98 Å². The van der Waals surface area contributed by atoms with Crippen LogP contribution in [0.1, 0.15) is 0 Å². The molecule has 0 bridgehead atoms. The van der Waals surface area contributed by atoms with Gasteiger partial charge in [-0.15, -0.1) is 0 Å². The molecule has 2 heterocycles. The van der Waals surface area contributed by atoms with Crippen molar-refractivity contribution in [2.24, 2.45) is 0 Å². The highest BCUT2D eigenvalue weighted by Gasteiger charge is 2.12. The van der Waals surface area contributed by atoms with Crippen LogP contribution in [-0.4, -0.2) is 9.97 Å². The first-order valence-corrected chi connectivity index (χ1v) is 6.43. The number of benzene rings is 1. The quantitative estimate of drug-likeness (QED) is 0.787. The van der Waals surface area contributed by atoms with Crippen molar-refractivity contribution in [2.75, 3.05) is 0 Å². The maximum absolute atomic E-state index is 12.0. The van der Waals surface area contributed by atoms with Gasteiger partial charge in [0.2, 0.25) is 0 Å². The standard InChI is InChI=1S/C14H9BrN2O2/c15-11-12(9-4-2-1-3-5-9)16-13(17-14(11)18)10-6-7-19-8-10/h1-8H,(H,16,17,18). The minimum atomic E-state index is -0.218. The lowest BCUT2D eigenvalue weighted by Gasteiger charge is -2.05. The molecule has 0 unspecified atom stereocenters. The maximum atomic E-state index is 12.0. The third-order valence-electron chi connectivity index (χ3n) is 2.70. The SMILES string of the molecule is O=c1[nH]c(-c2ccoc2)nc(-c2ccccc2)c1Br. The topological polar surface area (TPSA) is 58.9 Å². The summed E-state index contributed by atoms with van der Waals surface area (Å²) >= 11 is 3.28. The van der Waals surface area contributed by atoms with Gasteiger partial charge in [-0.1, -0.05) is 30.3 Å². The second kappa shape index (κ2) is 4.85. The van der Waals surface area contributed by atoms with Gasteiger partial charge in [0.1, 0.15) is 16.6 Å². The largest absolute Gasteiger partial charge is 0.472 e. The van der Waals surface area contributed by atoms with Crippen LogP contribution < -0.4 is 5.56 Å². The van der Waals surface area contributed by atoms with E-state index in [1.54, 1.807) is 18.6 Å². The summed E-state index contributed by atoms with van der Waals surface area (Å²) in [5.74, 6) is 0.487. The summed E-state index contributed by atoms with van der Waals surface area (Å²) in [6.07, 6.45) is 3.08. The van der Waals surface area contributed by atoms with Gasteiger partial charge in [-0.3, -0.25) is 4.79 Å². The predicted octanol–water partition coefficient (Wildman–Crippen LogP) is 3.46. The van der Waals surface area contributed by atoms with E-state index >= 15 is 0 Å². The molecule has 0 saturated heterocycles. The summed E-state index contributed by atoms with van der Waals surface area (Å²) in [4.78, 5) is 19.2. The number of hydrogen-bond acceptors (Lipinski definition) is 3. The van der Waals surface area contributed by atoms with Gasteiger partial charge >= 0.3 is 0 Å². The Morgan fingerprint density at radius 2 is 1.89 bits per heavy atom. The lowest BCUT2D eigenvalue weighted by atomic mass is 10.1. The van der Waals surface area contributed by atoms with Crippen LogP contribution in [0.2, 0.25) is 0 Å². The van der Waals surface area contributed by atoms with Crippen molar-refractivity contribution < 1.29 is 4.42 Å². The molecule has 1 N–H and O–H groups in total. The second-order valence-corrected chi connectivity index (χ2v) is 4.75. The van der Waals surface area contributed by atoms with E-state index in [9.17, 15) is 4.79 Å². The third kappa shape index (κ3) is 2.24. The lowest BCUT2D eigenvalue weighted by molar-refractivity contribution is 0.568. The summed E-state index contributed by atoms with van der Waals surface area (Å²) in [5, 5.41) is 0. The van der Waals surface area contributed by atoms with Gasteiger partial charge < -0.3 is 9.40 Å². The van der Waals surface area contributed by atoms with E-state index in [0.29, 0.717) is 16.0 Å². The smallest absolute Gasteiger partial charge is 0.266 e. The first-order valence-electron chi connectivity index (χ1n) is 5.63. The zero-order chi connectivity index (χ0) is 13.2. The number of rotatable bonds is 2. The molecule has 94 valence electrons. The van der Waals surface area contributed by atoms with E-state index in [1.165, 1.54) is 0 Å². The van der Waals surface area contributed by atoms with Crippen LogP contribution in [0.3, 0.4) is 0 Å². The van der Waals surface area contributed by atoms with Crippen molar-refractivity contribution in [3.63, 3.8) is 0 Å². The molecule has 3 aromatic rings. The zero-order valence-corrected chi connectivity index (χ0v) is 11.3. The minimum absolute atomic E-state index is 0.218.